The van der Waals surface area contributed by atoms with E-state index < -0.39 is 53.8 Å². The number of hydrogen-bond acceptors (Lipinski definition) is 13. The van der Waals surface area contributed by atoms with Crippen LogP contribution in [0.4, 0.5) is 0 Å². The fourth-order valence-electron chi connectivity index (χ4n) is 5.55. The normalized spacial score (nSPS) is 28.7. The molecule has 0 bridgehead atoms. The number of methoxy groups -OCH3 is 1. The molecule has 0 radical (unpaired) electrons. The number of nitrogens with two attached hydrogens (primary N) is 1. The van der Waals surface area contributed by atoms with Crippen molar-refractivity contribution in [3.63, 3.8) is 0 Å². The maximum atomic E-state index is 13.6. The number of carbonyl (C=O) groups is 2. The molecule has 5 rings (SSSR count). The minimum Gasteiger partial charge on any atom is -0.507 e. The zero-order chi connectivity index (χ0) is 30.6. The Kier molecular flexibility index (Phi) is 7.51. The Hall–Kier alpha value is -3.98. The molecule has 0 amide bonds. The summed E-state index contributed by atoms with van der Waals surface area (Å²) in [5.41, 5.74) is 3.76. The zero-order valence-electron chi connectivity index (χ0n) is 22.8. The van der Waals surface area contributed by atoms with E-state index in [9.17, 15) is 40.2 Å². The third-order valence-electron chi connectivity index (χ3n) is 7.86. The fourth-order valence-corrected chi connectivity index (χ4v) is 5.55. The number of rotatable bonds is 7. The summed E-state index contributed by atoms with van der Waals surface area (Å²) in [7, 11) is 1.31. The standard InChI is InChI=1S/C29H32N2O11/c1-13-7-16-21(18(33)8-13)24(35)22-17(23(16)34)10-15(40-2)11-19(22)41-27-25(36)26(37)28(38,29(39,12-32)42-27)5-3-14-4-6-31-20(30)9-14/h4,7-11,25-27,31-33,36-39H,3,5-6,12,30H2,1-2H3/t25-,26-,27-,28+,29-/m1/s1. The van der Waals surface area contributed by atoms with Crippen LogP contribution >= 0.6 is 0 Å². The van der Waals surface area contributed by atoms with Crippen LogP contribution in [-0.4, -0.2) is 92.4 Å². The van der Waals surface area contributed by atoms with Gasteiger partial charge in [-0.25, -0.2) is 0 Å². The van der Waals surface area contributed by atoms with Gasteiger partial charge in [-0.3, -0.25) is 9.59 Å². The summed E-state index contributed by atoms with van der Waals surface area (Å²) in [4.78, 5) is 27.0. The van der Waals surface area contributed by atoms with Crippen molar-refractivity contribution in [1.82, 2.24) is 5.32 Å². The van der Waals surface area contributed by atoms with Crippen LogP contribution in [0.2, 0.25) is 0 Å². The molecule has 2 aliphatic heterocycles. The molecule has 13 heteroatoms. The van der Waals surface area contributed by atoms with Gasteiger partial charge in [0.2, 0.25) is 17.9 Å². The molecule has 1 aliphatic carbocycles. The van der Waals surface area contributed by atoms with Gasteiger partial charge in [0.15, 0.2) is 5.78 Å². The molecule has 0 spiro atoms. The third kappa shape index (κ3) is 4.69. The highest BCUT2D eigenvalue weighted by Crippen LogP contribution is 2.44. The van der Waals surface area contributed by atoms with Crippen LogP contribution in [0.15, 0.2) is 47.8 Å². The van der Waals surface area contributed by atoms with Crippen molar-refractivity contribution in [2.45, 2.75) is 49.7 Å². The predicted molar refractivity (Wildman–Crippen MR) is 145 cm³/mol. The van der Waals surface area contributed by atoms with Crippen LogP contribution in [0.25, 0.3) is 0 Å². The number of aryl methyl sites for hydroxylation is 1. The maximum Gasteiger partial charge on any atom is 0.231 e. The highest BCUT2D eigenvalue weighted by Gasteiger charge is 2.64. The molecule has 3 aliphatic rings. The van der Waals surface area contributed by atoms with Crippen LogP contribution in [0.3, 0.4) is 0 Å². The molecule has 0 aromatic heterocycles. The van der Waals surface area contributed by atoms with E-state index in [1.807, 2.05) is 0 Å². The molecule has 2 heterocycles. The molecule has 5 atom stereocenters. The Bertz CT molecular complexity index is 1520. The van der Waals surface area contributed by atoms with Gasteiger partial charge in [0.25, 0.3) is 0 Å². The van der Waals surface area contributed by atoms with Gasteiger partial charge in [-0.2, -0.15) is 0 Å². The Morgan fingerprint density at radius 1 is 1.10 bits per heavy atom. The van der Waals surface area contributed by atoms with Gasteiger partial charge >= 0.3 is 0 Å². The van der Waals surface area contributed by atoms with Gasteiger partial charge in [0.1, 0.15) is 41.7 Å². The van der Waals surface area contributed by atoms with Gasteiger partial charge in [0.05, 0.1) is 24.1 Å². The number of aliphatic hydroxyl groups excluding tert-OH is 3. The molecular weight excluding hydrogens is 552 g/mol. The van der Waals surface area contributed by atoms with Gasteiger partial charge < -0.3 is 55.9 Å². The van der Waals surface area contributed by atoms with Crippen LogP contribution in [0, 0.1) is 6.92 Å². The number of dihydropyridines is 1. The quantitative estimate of drug-likeness (QED) is 0.175. The Labute approximate surface area is 240 Å². The van der Waals surface area contributed by atoms with Crippen LogP contribution < -0.4 is 20.5 Å². The van der Waals surface area contributed by atoms with E-state index in [1.165, 1.54) is 31.4 Å². The number of aliphatic hydroxyl groups is 5. The van der Waals surface area contributed by atoms with E-state index >= 15 is 0 Å². The highest BCUT2D eigenvalue weighted by atomic mass is 16.8. The SMILES string of the molecule is COc1cc(O[C@@H]2O[C@](O)(CO)[C@](O)(CCC3=CCNC(N)=C3)[C@H](O)[C@H]2O)c2c(c1)C(=O)c1cc(C)cc(O)c1C2=O. The lowest BCUT2D eigenvalue weighted by atomic mass is 9.77. The van der Waals surface area contributed by atoms with Crippen LogP contribution in [0.1, 0.15) is 50.2 Å². The topological polar surface area (TPSA) is 221 Å². The fraction of sp³-hybridized carbons (Fsp3) is 0.379. The second kappa shape index (κ2) is 10.7. The third-order valence-corrected chi connectivity index (χ3v) is 7.86. The number of carbonyl (C=O) groups excluding carboxylic acids is 2. The average molecular weight is 585 g/mol. The van der Waals surface area contributed by atoms with Gasteiger partial charge in [-0.1, -0.05) is 6.08 Å². The average Bonchev–Trinajstić information content (AvgIpc) is 2.96. The largest absolute Gasteiger partial charge is 0.507 e. The number of benzene rings is 2. The van der Waals surface area contributed by atoms with Crippen molar-refractivity contribution in [3.8, 4) is 17.2 Å². The molecule has 224 valence electrons. The predicted octanol–water partition coefficient (Wildman–Crippen LogP) is -0.537. The molecule has 9 N–H and O–H groups in total. The molecule has 42 heavy (non-hydrogen) atoms. The van der Waals surface area contributed by atoms with E-state index in [4.69, 9.17) is 19.9 Å². The highest BCUT2D eigenvalue weighted by molar-refractivity contribution is 6.30. The smallest absolute Gasteiger partial charge is 0.231 e. The van der Waals surface area contributed by atoms with Crippen molar-refractivity contribution in [2.24, 2.45) is 5.73 Å². The first-order valence-corrected chi connectivity index (χ1v) is 13.1. The summed E-state index contributed by atoms with van der Waals surface area (Å²) in [5.74, 6) is -4.48. The Morgan fingerprint density at radius 3 is 2.48 bits per heavy atom. The lowest BCUT2D eigenvalue weighted by Crippen LogP contribution is -2.74. The zero-order valence-corrected chi connectivity index (χ0v) is 22.8. The number of ketones is 2. The van der Waals surface area contributed by atoms with Crippen molar-refractivity contribution in [2.75, 3.05) is 20.3 Å². The Morgan fingerprint density at radius 2 is 1.81 bits per heavy atom. The van der Waals surface area contributed by atoms with Crippen molar-refractivity contribution in [3.05, 3.63) is 75.6 Å². The first-order valence-electron chi connectivity index (χ1n) is 13.1. The van der Waals surface area contributed by atoms with E-state index in [0.29, 0.717) is 23.5 Å². The van der Waals surface area contributed by atoms with E-state index in [1.54, 1.807) is 19.1 Å². The number of fused-ring (bicyclic) bond motifs is 2. The van der Waals surface area contributed by atoms with Gasteiger partial charge in [-0.15, -0.1) is 0 Å². The second-order valence-corrected chi connectivity index (χ2v) is 10.6. The molecule has 2 aromatic carbocycles. The van der Waals surface area contributed by atoms with Crippen molar-refractivity contribution < 1.29 is 54.4 Å². The number of hydrogen-bond donors (Lipinski definition) is 8. The summed E-state index contributed by atoms with van der Waals surface area (Å²) in [6.07, 6.45) is -2.96. The van der Waals surface area contributed by atoms with Crippen molar-refractivity contribution >= 4 is 11.6 Å². The van der Waals surface area contributed by atoms with E-state index in [2.05, 4.69) is 5.32 Å². The number of phenols is 1. The summed E-state index contributed by atoms with van der Waals surface area (Å²) in [6.45, 7) is 0.866. The number of nitrogens with one attached hydrogen (secondary N) is 1. The van der Waals surface area contributed by atoms with Crippen molar-refractivity contribution in [1.29, 1.82) is 0 Å². The number of phenolic OH excluding ortho intramolecular Hbond substituents is 1. The monoisotopic (exact) mass is 584 g/mol. The summed E-state index contributed by atoms with van der Waals surface area (Å²) in [5, 5.41) is 68.1. The maximum absolute atomic E-state index is 13.6. The van der Waals surface area contributed by atoms with Gasteiger partial charge in [-0.05, 0) is 55.2 Å². The Balaban J connectivity index is 1.49. The first kappa shape index (κ1) is 29.5. The molecule has 1 fully saturated rings. The first-order chi connectivity index (χ1) is 19.8. The van der Waals surface area contributed by atoms with Gasteiger partial charge in [0, 0.05) is 23.7 Å². The minimum absolute atomic E-state index is 0.0197. The molecule has 2 aromatic rings. The molecule has 1 saturated heterocycles. The second-order valence-electron chi connectivity index (χ2n) is 10.6. The van der Waals surface area contributed by atoms with Crippen LogP contribution in [-0.2, 0) is 4.74 Å². The number of allylic oxidation sites excluding steroid dienone is 2. The summed E-state index contributed by atoms with van der Waals surface area (Å²) < 4.78 is 16.5. The lowest BCUT2D eigenvalue weighted by Gasteiger charge is -2.52. The summed E-state index contributed by atoms with van der Waals surface area (Å²) >= 11 is 0. The minimum atomic E-state index is -2.83. The molecule has 0 unspecified atom stereocenters. The van der Waals surface area contributed by atoms with E-state index in [-0.39, 0.29) is 46.6 Å². The molecule has 0 saturated carbocycles. The molecule has 13 nitrogen and oxygen atoms in total. The lowest BCUT2D eigenvalue weighted by molar-refractivity contribution is -0.419. The van der Waals surface area contributed by atoms with Crippen LogP contribution in [0.5, 0.6) is 17.2 Å². The number of ether oxygens (including phenoxy) is 3. The molecular formula is C29H32N2O11. The number of aromatic hydroxyl groups is 1. The van der Waals surface area contributed by atoms with E-state index in [0.717, 1.165) is 0 Å². The summed E-state index contributed by atoms with van der Waals surface area (Å²) in [6, 6.07) is 5.34.